The van der Waals surface area contributed by atoms with Crippen molar-refractivity contribution in [1.29, 1.82) is 0 Å². The highest BCUT2D eigenvalue weighted by molar-refractivity contribution is 5.36. The first-order chi connectivity index (χ1) is 6.86. The first kappa shape index (κ1) is 9.06. The van der Waals surface area contributed by atoms with E-state index in [1.807, 2.05) is 24.3 Å². The van der Waals surface area contributed by atoms with Crippen LogP contribution in [0, 0.1) is 0 Å². The highest BCUT2D eigenvalue weighted by atomic mass is 16.5. The highest BCUT2D eigenvalue weighted by Gasteiger charge is 2.31. The summed E-state index contributed by atoms with van der Waals surface area (Å²) >= 11 is 0. The third-order valence-electron chi connectivity index (χ3n) is 2.59. The molecule has 0 unspecified atom stereocenters. The second kappa shape index (κ2) is 3.70. The van der Waals surface area contributed by atoms with Crippen LogP contribution in [0.1, 0.15) is 17.2 Å². The lowest BCUT2D eigenvalue weighted by molar-refractivity contribution is 0.0904. The van der Waals surface area contributed by atoms with Crippen molar-refractivity contribution in [2.24, 2.45) is 5.11 Å². The minimum atomic E-state index is -0.0950. The summed E-state index contributed by atoms with van der Waals surface area (Å²) in [6.07, 6.45) is 0.695. The standard InChI is InChI=1S/C10H11N3O/c1-14-10-8-5-3-2-4-7(8)6-9(10)12-13-11/h2-5,9-10H,6H2,1H3/t9-,10+/m1/s1. The fraction of sp³-hybridized carbons (Fsp3) is 0.400. The van der Waals surface area contributed by atoms with E-state index in [2.05, 4.69) is 10.0 Å². The van der Waals surface area contributed by atoms with Crippen molar-refractivity contribution in [3.63, 3.8) is 0 Å². The zero-order valence-corrected chi connectivity index (χ0v) is 7.92. The largest absolute Gasteiger partial charge is 0.376 e. The van der Waals surface area contributed by atoms with E-state index in [1.54, 1.807) is 7.11 Å². The molecule has 4 nitrogen and oxygen atoms in total. The zero-order chi connectivity index (χ0) is 9.97. The van der Waals surface area contributed by atoms with Gasteiger partial charge in [0.05, 0.1) is 12.1 Å². The number of nitrogens with zero attached hydrogens (tertiary/aromatic N) is 3. The Morgan fingerprint density at radius 1 is 1.50 bits per heavy atom. The smallest absolute Gasteiger partial charge is 0.0911 e. The number of hydrogen-bond donors (Lipinski definition) is 0. The maximum atomic E-state index is 8.42. The third kappa shape index (κ3) is 1.35. The van der Waals surface area contributed by atoms with Crippen molar-refractivity contribution in [2.75, 3.05) is 7.11 Å². The molecule has 2 rings (SSSR count). The molecule has 0 amide bonds. The van der Waals surface area contributed by atoms with Crippen LogP contribution < -0.4 is 0 Å². The molecule has 72 valence electrons. The molecule has 1 aliphatic rings. The number of azide groups is 1. The first-order valence-electron chi connectivity index (χ1n) is 4.51. The molecule has 14 heavy (non-hydrogen) atoms. The van der Waals surface area contributed by atoms with Crippen LogP contribution in [0.2, 0.25) is 0 Å². The molecule has 1 aromatic rings. The maximum Gasteiger partial charge on any atom is 0.0911 e. The van der Waals surface area contributed by atoms with E-state index >= 15 is 0 Å². The zero-order valence-electron chi connectivity index (χ0n) is 7.92. The molecule has 0 saturated heterocycles. The van der Waals surface area contributed by atoms with Crippen LogP contribution in [0.15, 0.2) is 29.4 Å². The molecule has 0 saturated carbocycles. The van der Waals surface area contributed by atoms with Crippen LogP contribution in [0.5, 0.6) is 0 Å². The lowest BCUT2D eigenvalue weighted by Crippen LogP contribution is -2.12. The Hall–Kier alpha value is -1.51. The molecule has 0 heterocycles. The van der Waals surface area contributed by atoms with Gasteiger partial charge in [0.2, 0.25) is 0 Å². The third-order valence-corrected chi connectivity index (χ3v) is 2.59. The molecular formula is C10H11N3O. The van der Waals surface area contributed by atoms with Crippen LogP contribution in [0.4, 0.5) is 0 Å². The van der Waals surface area contributed by atoms with Gasteiger partial charge in [0.15, 0.2) is 0 Å². The maximum absolute atomic E-state index is 8.42. The van der Waals surface area contributed by atoms with Crippen LogP contribution >= 0.6 is 0 Å². The van der Waals surface area contributed by atoms with Gasteiger partial charge in [0.25, 0.3) is 0 Å². The predicted molar refractivity (Wildman–Crippen MR) is 52.8 cm³/mol. The molecule has 0 aromatic heterocycles. The molecule has 2 atom stereocenters. The van der Waals surface area contributed by atoms with Gasteiger partial charge in [-0.15, -0.1) is 0 Å². The Morgan fingerprint density at radius 3 is 3.00 bits per heavy atom. The van der Waals surface area contributed by atoms with Gasteiger partial charge in [-0.05, 0) is 23.1 Å². The van der Waals surface area contributed by atoms with Crippen molar-refractivity contribution >= 4 is 0 Å². The number of hydrogen-bond acceptors (Lipinski definition) is 2. The summed E-state index contributed by atoms with van der Waals surface area (Å²) in [6, 6.07) is 7.94. The van der Waals surface area contributed by atoms with Crippen molar-refractivity contribution in [3.8, 4) is 0 Å². The van der Waals surface area contributed by atoms with Gasteiger partial charge in [-0.1, -0.05) is 29.4 Å². The van der Waals surface area contributed by atoms with E-state index < -0.39 is 0 Å². The molecule has 0 fully saturated rings. The van der Waals surface area contributed by atoms with Crippen LogP contribution in [0.25, 0.3) is 10.4 Å². The second-order valence-corrected chi connectivity index (χ2v) is 3.33. The van der Waals surface area contributed by atoms with Crippen molar-refractivity contribution in [3.05, 3.63) is 45.8 Å². The fourth-order valence-corrected chi connectivity index (χ4v) is 1.99. The summed E-state index contributed by atoms with van der Waals surface area (Å²) in [5.41, 5.74) is 10.8. The highest BCUT2D eigenvalue weighted by Crippen LogP contribution is 2.35. The Bertz CT molecular complexity index is 385. The lowest BCUT2D eigenvalue weighted by atomic mass is 10.1. The summed E-state index contributed by atoms with van der Waals surface area (Å²) in [7, 11) is 1.65. The Kier molecular flexibility index (Phi) is 2.39. The van der Waals surface area contributed by atoms with Gasteiger partial charge in [-0.2, -0.15) is 0 Å². The lowest BCUT2D eigenvalue weighted by Gasteiger charge is -2.13. The SMILES string of the molecule is CO[C@H]1c2ccccc2C[C@H]1N=[N+]=[N-]. The average molecular weight is 189 g/mol. The predicted octanol–water partition coefficient (Wildman–Crippen LogP) is 2.61. The van der Waals surface area contributed by atoms with Gasteiger partial charge in [-0.25, -0.2) is 0 Å². The molecular weight excluding hydrogens is 178 g/mol. The number of fused-ring (bicyclic) bond motifs is 1. The van der Waals surface area contributed by atoms with Gasteiger partial charge in [0.1, 0.15) is 0 Å². The van der Waals surface area contributed by atoms with Crippen LogP contribution in [-0.4, -0.2) is 13.2 Å². The Morgan fingerprint density at radius 2 is 2.29 bits per heavy atom. The monoisotopic (exact) mass is 189 g/mol. The molecule has 4 heteroatoms. The topological polar surface area (TPSA) is 58.0 Å². The molecule has 1 aliphatic carbocycles. The average Bonchev–Trinajstić information content (AvgIpc) is 2.55. The summed E-state index contributed by atoms with van der Waals surface area (Å²) in [5.74, 6) is 0. The van der Waals surface area contributed by atoms with Gasteiger partial charge < -0.3 is 4.74 Å². The van der Waals surface area contributed by atoms with Crippen molar-refractivity contribution in [2.45, 2.75) is 18.6 Å². The Labute approximate surface area is 82.1 Å². The van der Waals surface area contributed by atoms with E-state index in [1.165, 1.54) is 5.56 Å². The molecule has 0 aliphatic heterocycles. The van der Waals surface area contributed by atoms with E-state index in [0.717, 1.165) is 12.0 Å². The van der Waals surface area contributed by atoms with E-state index in [4.69, 9.17) is 10.3 Å². The van der Waals surface area contributed by atoms with Crippen LogP contribution in [-0.2, 0) is 11.2 Å². The molecule has 0 N–H and O–H groups in total. The molecule has 0 radical (unpaired) electrons. The van der Waals surface area contributed by atoms with Gasteiger partial charge in [-0.3, -0.25) is 0 Å². The first-order valence-corrected chi connectivity index (χ1v) is 4.51. The number of ether oxygens (including phenoxy) is 1. The second-order valence-electron chi connectivity index (χ2n) is 3.33. The molecule has 1 aromatic carbocycles. The van der Waals surface area contributed by atoms with Crippen molar-refractivity contribution in [1.82, 2.24) is 0 Å². The number of methoxy groups -OCH3 is 1. The quantitative estimate of drug-likeness (QED) is 0.400. The summed E-state index contributed by atoms with van der Waals surface area (Å²) in [6.45, 7) is 0. The minimum Gasteiger partial charge on any atom is -0.376 e. The van der Waals surface area contributed by atoms with E-state index in [9.17, 15) is 0 Å². The normalized spacial score (nSPS) is 24.1. The van der Waals surface area contributed by atoms with E-state index in [-0.39, 0.29) is 12.1 Å². The molecule has 0 spiro atoms. The fourth-order valence-electron chi connectivity index (χ4n) is 1.99. The summed E-state index contributed by atoms with van der Waals surface area (Å²) in [5, 5.41) is 3.75. The Balaban J connectivity index is 2.38. The van der Waals surface area contributed by atoms with Gasteiger partial charge >= 0.3 is 0 Å². The number of benzene rings is 1. The summed E-state index contributed by atoms with van der Waals surface area (Å²) < 4.78 is 5.34. The number of rotatable bonds is 2. The molecule has 0 bridgehead atoms. The van der Waals surface area contributed by atoms with Crippen molar-refractivity contribution < 1.29 is 4.74 Å². The minimum absolute atomic E-state index is 0.0814. The summed E-state index contributed by atoms with van der Waals surface area (Å²) in [4.78, 5) is 2.84. The van der Waals surface area contributed by atoms with E-state index in [0.29, 0.717) is 0 Å². The van der Waals surface area contributed by atoms with Gasteiger partial charge in [0, 0.05) is 12.0 Å². The van der Waals surface area contributed by atoms with Crippen LogP contribution in [0.3, 0.4) is 0 Å².